The first-order valence-corrected chi connectivity index (χ1v) is 4.43. The van der Waals surface area contributed by atoms with Gasteiger partial charge in [-0.3, -0.25) is 0 Å². The molecule has 68 valence electrons. The third-order valence-electron chi connectivity index (χ3n) is 1.65. The van der Waals surface area contributed by atoms with Crippen LogP contribution in [0.25, 0.3) is 0 Å². The third-order valence-corrected chi connectivity index (χ3v) is 2.05. The predicted molar refractivity (Wildman–Crippen MR) is 49.8 cm³/mol. The second kappa shape index (κ2) is 3.96. The van der Waals surface area contributed by atoms with Crippen LogP contribution in [0.2, 0.25) is 0 Å². The molecular formula is C8H13FN2S. The second-order valence-corrected chi connectivity index (χ2v) is 3.72. The summed E-state index contributed by atoms with van der Waals surface area (Å²) in [4.78, 5) is 2.73. The highest BCUT2D eigenvalue weighted by atomic mass is 32.2. The molecule has 0 fully saturated rings. The van der Waals surface area contributed by atoms with Gasteiger partial charge in [-0.05, 0) is 20.2 Å². The summed E-state index contributed by atoms with van der Waals surface area (Å²) >= 11 is 0.292. The Kier molecular flexibility index (Phi) is 3.17. The minimum Gasteiger partial charge on any atom is -0.352 e. The lowest BCUT2D eigenvalue weighted by atomic mass is 10.4. The van der Waals surface area contributed by atoms with E-state index in [9.17, 15) is 3.89 Å². The van der Waals surface area contributed by atoms with Gasteiger partial charge in [0.1, 0.15) is 0 Å². The number of nitrogens with zero attached hydrogens (tertiary/aromatic N) is 2. The minimum atomic E-state index is 0.292. The van der Waals surface area contributed by atoms with Crippen LogP contribution in [-0.2, 0) is 13.6 Å². The molecule has 0 aromatic carbocycles. The number of halogens is 1. The van der Waals surface area contributed by atoms with Crippen molar-refractivity contribution in [3.05, 3.63) is 18.0 Å². The Morgan fingerprint density at radius 1 is 1.58 bits per heavy atom. The summed E-state index contributed by atoms with van der Waals surface area (Å²) in [5.41, 5.74) is 1.13. The van der Waals surface area contributed by atoms with Crippen molar-refractivity contribution in [2.75, 3.05) is 14.1 Å². The Morgan fingerprint density at radius 3 is 2.67 bits per heavy atom. The van der Waals surface area contributed by atoms with Gasteiger partial charge in [0.2, 0.25) is 0 Å². The molecule has 0 spiro atoms. The Bertz CT molecular complexity index is 258. The molecular weight excluding hydrogens is 175 g/mol. The maximum Gasteiger partial charge on any atom is 0.0828 e. The van der Waals surface area contributed by atoms with Crippen LogP contribution in [-0.4, -0.2) is 23.6 Å². The molecule has 2 nitrogen and oxygen atoms in total. The summed E-state index contributed by atoms with van der Waals surface area (Å²) in [6.45, 7) is 0.844. The van der Waals surface area contributed by atoms with E-state index in [1.165, 1.54) is 0 Å². The first kappa shape index (κ1) is 9.61. The van der Waals surface area contributed by atoms with Crippen LogP contribution >= 0.6 is 12.1 Å². The van der Waals surface area contributed by atoms with Crippen molar-refractivity contribution < 1.29 is 3.89 Å². The average molecular weight is 188 g/mol. The molecule has 0 unspecified atom stereocenters. The highest BCUT2D eigenvalue weighted by molar-refractivity contribution is 7.94. The number of aromatic nitrogens is 1. The van der Waals surface area contributed by atoms with Gasteiger partial charge in [-0.15, -0.1) is 0 Å². The van der Waals surface area contributed by atoms with Gasteiger partial charge >= 0.3 is 0 Å². The van der Waals surface area contributed by atoms with Crippen molar-refractivity contribution >= 4 is 12.1 Å². The van der Waals surface area contributed by atoms with E-state index in [2.05, 4.69) is 4.90 Å². The smallest absolute Gasteiger partial charge is 0.0828 e. The summed E-state index contributed by atoms with van der Waals surface area (Å²) in [7, 11) is 5.92. The van der Waals surface area contributed by atoms with Crippen LogP contribution in [0.15, 0.2) is 17.2 Å². The zero-order valence-electron chi connectivity index (χ0n) is 7.54. The van der Waals surface area contributed by atoms with E-state index in [1.807, 2.05) is 31.8 Å². The molecule has 1 aromatic rings. The summed E-state index contributed by atoms with van der Waals surface area (Å²) in [6.07, 6.45) is 1.80. The number of hydrogen-bond acceptors (Lipinski definition) is 2. The maximum atomic E-state index is 12.1. The molecule has 0 N–H and O–H groups in total. The van der Waals surface area contributed by atoms with Crippen molar-refractivity contribution in [3.63, 3.8) is 0 Å². The van der Waals surface area contributed by atoms with Crippen LogP contribution in [0.4, 0.5) is 3.89 Å². The first-order valence-electron chi connectivity index (χ1n) is 3.72. The van der Waals surface area contributed by atoms with Crippen LogP contribution < -0.4 is 0 Å². The van der Waals surface area contributed by atoms with Crippen LogP contribution in [0, 0.1) is 0 Å². The van der Waals surface area contributed by atoms with Gasteiger partial charge in [0.05, 0.1) is 17.0 Å². The monoisotopic (exact) mass is 188 g/mol. The molecule has 0 amide bonds. The quantitative estimate of drug-likeness (QED) is 0.717. The lowest BCUT2D eigenvalue weighted by Gasteiger charge is -2.09. The number of aryl methyl sites for hydroxylation is 1. The fraction of sp³-hybridized carbons (Fsp3) is 0.500. The standard InChI is InChI=1S/C8H13FN2S/c1-10(2)5-7-4-8(12-9)6-11(7)3/h4,6H,5H2,1-3H3. The molecule has 0 saturated heterocycles. The first-order chi connectivity index (χ1) is 5.63. The molecule has 0 aliphatic carbocycles. The predicted octanol–water partition coefficient (Wildman–Crippen LogP) is 2.06. The average Bonchev–Trinajstić information content (AvgIpc) is 2.31. The Balaban J connectivity index is 2.77. The van der Waals surface area contributed by atoms with Crippen LogP contribution in [0.3, 0.4) is 0 Å². The fourth-order valence-electron chi connectivity index (χ4n) is 1.10. The summed E-state index contributed by atoms with van der Waals surface area (Å²) < 4.78 is 14.1. The molecule has 0 atom stereocenters. The van der Waals surface area contributed by atoms with Gasteiger partial charge in [-0.1, -0.05) is 0 Å². The maximum absolute atomic E-state index is 12.1. The molecule has 1 rings (SSSR count). The van der Waals surface area contributed by atoms with E-state index in [0.29, 0.717) is 17.0 Å². The Hall–Kier alpha value is -0.480. The largest absolute Gasteiger partial charge is 0.352 e. The summed E-state index contributed by atoms with van der Waals surface area (Å²) in [5.74, 6) is 0. The van der Waals surface area contributed by atoms with Gasteiger partial charge in [0.25, 0.3) is 0 Å². The van der Waals surface area contributed by atoms with E-state index in [4.69, 9.17) is 0 Å². The van der Waals surface area contributed by atoms with E-state index in [-0.39, 0.29) is 0 Å². The second-order valence-electron chi connectivity index (χ2n) is 3.09. The highest BCUT2D eigenvalue weighted by Crippen LogP contribution is 2.21. The van der Waals surface area contributed by atoms with Gasteiger partial charge in [0, 0.05) is 25.5 Å². The molecule has 0 bridgehead atoms. The van der Waals surface area contributed by atoms with Crippen LogP contribution in [0.5, 0.6) is 0 Å². The zero-order chi connectivity index (χ0) is 9.14. The van der Waals surface area contributed by atoms with Crippen molar-refractivity contribution in [1.82, 2.24) is 9.47 Å². The van der Waals surface area contributed by atoms with Gasteiger partial charge in [-0.2, -0.15) is 3.89 Å². The van der Waals surface area contributed by atoms with Crippen molar-refractivity contribution in [2.24, 2.45) is 7.05 Å². The van der Waals surface area contributed by atoms with Crippen molar-refractivity contribution in [1.29, 1.82) is 0 Å². The van der Waals surface area contributed by atoms with E-state index >= 15 is 0 Å². The van der Waals surface area contributed by atoms with Crippen LogP contribution in [0.1, 0.15) is 5.69 Å². The van der Waals surface area contributed by atoms with Gasteiger partial charge in [0.15, 0.2) is 0 Å². The molecule has 0 saturated carbocycles. The Morgan fingerprint density at radius 2 is 2.25 bits per heavy atom. The Labute approximate surface area is 76.7 Å². The van der Waals surface area contributed by atoms with E-state index < -0.39 is 0 Å². The highest BCUT2D eigenvalue weighted by Gasteiger charge is 2.03. The van der Waals surface area contributed by atoms with Gasteiger partial charge < -0.3 is 9.47 Å². The SMILES string of the molecule is CN(C)Cc1cc(SF)cn1C. The van der Waals surface area contributed by atoms with Crippen molar-refractivity contribution in [3.8, 4) is 0 Å². The zero-order valence-corrected chi connectivity index (χ0v) is 8.36. The molecule has 1 heterocycles. The number of hydrogen-bond donors (Lipinski definition) is 0. The third kappa shape index (κ3) is 2.25. The normalized spacial score (nSPS) is 11.1. The molecule has 0 aliphatic heterocycles. The molecule has 4 heteroatoms. The van der Waals surface area contributed by atoms with E-state index in [1.54, 1.807) is 6.20 Å². The summed E-state index contributed by atoms with van der Waals surface area (Å²) in [5, 5.41) is 0. The summed E-state index contributed by atoms with van der Waals surface area (Å²) in [6, 6.07) is 1.87. The van der Waals surface area contributed by atoms with Gasteiger partial charge in [-0.25, -0.2) is 0 Å². The fourth-order valence-corrected chi connectivity index (χ4v) is 1.48. The van der Waals surface area contributed by atoms with E-state index in [0.717, 1.165) is 12.2 Å². The molecule has 1 aromatic heterocycles. The van der Waals surface area contributed by atoms with Crippen molar-refractivity contribution in [2.45, 2.75) is 11.4 Å². The topological polar surface area (TPSA) is 8.17 Å². The lowest BCUT2D eigenvalue weighted by molar-refractivity contribution is 0.391. The molecule has 12 heavy (non-hydrogen) atoms. The molecule has 0 radical (unpaired) electrons. The molecule has 0 aliphatic rings. The lowest BCUT2D eigenvalue weighted by Crippen LogP contribution is -2.12. The minimum absolute atomic E-state index is 0.292. The number of rotatable bonds is 3.